The highest BCUT2D eigenvalue weighted by Crippen LogP contribution is 2.30. The number of carbonyl (C=O) groups excluding carboxylic acids is 2. The lowest BCUT2D eigenvalue weighted by molar-refractivity contribution is -0.138. The van der Waals surface area contributed by atoms with Gasteiger partial charge in [0.1, 0.15) is 6.33 Å². The maximum Gasteiger partial charge on any atom is 0.416 e. The van der Waals surface area contributed by atoms with E-state index in [4.69, 9.17) is 0 Å². The van der Waals surface area contributed by atoms with Crippen molar-refractivity contribution in [2.24, 2.45) is 5.92 Å². The molecule has 51 heavy (non-hydrogen) atoms. The van der Waals surface area contributed by atoms with E-state index in [0.29, 0.717) is 38.3 Å². The van der Waals surface area contributed by atoms with Crippen LogP contribution in [0.5, 0.6) is 0 Å². The average molecular weight is 691 g/mol. The number of nitrogens with one attached hydrogen (secondary N) is 1. The van der Waals surface area contributed by atoms with Crippen molar-refractivity contribution in [1.29, 1.82) is 0 Å². The predicted molar refractivity (Wildman–Crippen MR) is 188 cm³/mol. The molecule has 11 heteroatoms. The summed E-state index contributed by atoms with van der Waals surface area (Å²) >= 11 is 0. The first-order chi connectivity index (χ1) is 24.7. The molecule has 1 saturated heterocycles. The van der Waals surface area contributed by atoms with Gasteiger partial charge in [0.2, 0.25) is 11.8 Å². The SMILES string of the molecule is O=C(NCc1ccc(-c2ccccn2)cc1)C(=Cc1ccc(C(F)(F)F)cc1)[C@H](Cc1ccccc1)C(=O)N1CCN(Cc2cncnc2)CC1. The van der Waals surface area contributed by atoms with Gasteiger partial charge in [0.05, 0.1) is 17.2 Å². The number of piperazine rings is 1. The lowest BCUT2D eigenvalue weighted by atomic mass is 9.88. The third-order valence-corrected chi connectivity index (χ3v) is 8.85. The Labute approximate surface area is 294 Å². The van der Waals surface area contributed by atoms with E-state index in [2.05, 4.69) is 25.2 Å². The average Bonchev–Trinajstić information content (AvgIpc) is 3.16. The van der Waals surface area contributed by atoms with Crippen molar-refractivity contribution in [3.05, 3.63) is 155 Å². The van der Waals surface area contributed by atoms with E-state index in [1.165, 1.54) is 24.5 Å². The number of hydrogen-bond acceptors (Lipinski definition) is 6. The highest BCUT2D eigenvalue weighted by molar-refractivity contribution is 6.04. The number of nitrogens with zero attached hydrogens (tertiary/aromatic N) is 5. The zero-order valence-corrected chi connectivity index (χ0v) is 27.8. The van der Waals surface area contributed by atoms with Crippen molar-refractivity contribution < 1.29 is 22.8 Å². The number of hydrogen-bond donors (Lipinski definition) is 1. The van der Waals surface area contributed by atoms with Gasteiger partial charge >= 0.3 is 6.18 Å². The fraction of sp³-hybridized carbons (Fsp3) is 0.225. The van der Waals surface area contributed by atoms with E-state index in [-0.39, 0.29) is 24.4 Å². The van der Waals surface area contributed by atoms with Gasteiger partial charge in [-0.1, -0.05) is 72.8 Å². The lowest BCUT2D eigenvalue weighted by Crippen LogP contribution is -2.51. The molecule has 260 valence electrons. The van der Waals surface area contributed by atoms with Crippen LogP contribution in [0.1, 0.15) is 27.8 Å². The molecule has 1 aliphatic heterocycles. The van der Waals surface area contributed by atoms with Gasteiger partial charge in [0, 0.05) is 74.6 Å². The molecule has 6 rings (SSSR count). The van der Waals surface area contributed by atoms with E-state index < -0.39 is 23.6 Å². The van der Waals surface area contributed by atoms with Crippen molar-refractivity contribution in [2.75, 3.05) is 26.2 Å². The van der Waals surface area contributed by atoms with Crippen LogP contribution in [-0.2, 0) is 35.3 Å². The van der Waals surface area contributed by atoms with E-state index in [0.717, 1.165) is 40.1 Å². The fourth-order valence-electron chi connectivity index (χ4n) is 6.08. The van der Waals surface area contributed by atoms with Gasteiger partial charge in [-0.2, -0.15) is 13.2 Å². The number of rotatable bonds is 11. The zero-order chi connectivity index (χ0) is 35.6. The first-order valence-corrected chi connectivity index (χ1v) is 16.7. The number of amides is 2. The molecule has 1 fully saturated rings. The Kier molecular flexibility index (Phi) is 11.3. The molecule has 1 atom stereocenters. The maximum absolute atomic E-state index is 14.4. The second-order valence-corrected chi connectivity index (χ2v) is 12.4. The smallest absolute Gasteiger partial charge is 0.348 e. The summed E-state index contributed by atoms with van der Waals surface area (Å²) in [5.41, 5.74) is 4.19. The minimum Gasteiger partial charge on any atom is -0.348 e. The summed E-state index contributed by atoms with van der Waals surface area (Å²) in [5, 5.41) is 2.98. The molecule has 0 bridgehead atoms. The molecule has 8 nitrogen and oxygen atoms in total. The van der Waals surface area contributed by atoms with Crippen molar-refractivity contribution in [3.63, 3.8) is 0 Å². The second-order valence-electron chi connectivity index (χ2n) is 12.4. The summed E-state index contributed by atoms with van der Waals surface area (Å²) in [6.07, 6.45) is 4.02. The van der Waals surface area contributed by atoms with Crippen LogP contribution in [-0.4, -0.2) is 62.7 Å². The summed E-state index contributed by atoms with van der Waals surface area (Å²) in [4.78, 5) is 45.2. The maximum atomic E-state index is 14.4. The Balaban J connectivity index is 1.26. The number of aromatic nitrogens is 3. The van der Waals surface area contributed by atoms with Gasteiger partial charge in [0.25, 0.3) is 0 Å². The van der Waals surface area contributed by atoms with Crippen molar-refractivity contribution >= 4 is 17.9 Å². The Morgan fingerprint density at radius 2 is 1.47 bits per heavy atom. The van der Waals surface area contributed by atoms with Gasteiger partial charge in [-0.15, -0.1) is 0 Å². The second kappa shape index (κ2) is 16.4. The molecule has 0 radical (unpaired) electrons. The number of benzene rings is 3. The quantitative estimate of drug-likeness (QED) is 0.160. The van der Waals surface area contributed by atoms with Crippen molar-refractivity contribution in [3.8, 4) is 11.3 Å². The molecule has 0 aliphatic carbocycles. The van der Waals surface area contributed by atoms with E-state index in [9.17, 15) is 22.8 Å². The van der Waals surface area contributed by atoms with Crippen molar-refractivity contribution in [2.45, 2.75) is 25.7 Å². The molecule has 2 aromatic heterocycles. The standard InChI is InChI=1S/C40H37F3N6O2/c41-40(42,43)34-15-11-30(12-16-34)22-35(38(50)47-26-31-9-13-33(14-10-31)37-8-4-5-17-46-37)36(23-29-6-2-1-3-7-29)39(51)49-20-18-48(19-21-49)27-32-24-44-28-45-25-32/h1-17,22,24-25,28,36H,18-21,23,26-27H2,(H,47,50)/t36-/m0/s1. The summed E-state index contributed by atoms with van der Waals surface area (Å²) in [6, 6.07) is 27.4. The van der Waals surface area contributed by atoms with Crippen LogP contribution in [0, 0.1) is 5.92 Å². The molecule has 5 aromatic rings. The number of pyridine rings is 1. The number of alkyl halides is 3. The monoisotopic (exact) mass is 690 g/mol. The van der Waals surface area contributed by atoms with Crippen molar-refractivity contribution in [1.82, 2.24) is 30.1 Å². The Morgan fingerprint density at radius 3 is 2.12 bits per heavy atom. The van der Waals surface area contributed by atoms with Crippen LogP contribution in [0.2, 0.25) is 0 Å². The van der Waals surface area contributed by atoms with E-state index in [1.807, 2.05) is 72.8 Å². The molecule has 1 aliphatic rings. The number of carbonyl (C=O) groups is 2. The first-order valence-electron chi connectivity index (χ1n) is 16.7. The van der Waals surface area contributed by atoms with Gasteiger partial charge in [-0.25, -0.2) is 9.97 Å². The van der Waals surface area contributed by atoms with Crippen LogP contribution >= 0.6 is 0 Å². The van der Waals surface area contributed by atoms with E-state index >= 15 is 0 Å². The largest absolute Gasteiger partial charge is 0.416 e. The molecule has 2 amide bonds. The third-order valence-electron chi connectivity index (χ3n) is 8.85. The molecular weight excluding hydrogens is 653 g/mol. The first kappa shape index (κ1) is 35.2. The molecule has 0 saturated carbocycles. The van der Waals surface area contributed by atoms with Crippen LogP contribution in [0.3, 0.4) is 0 Å². The van der Waals surface area contributed by atoms with Crippen LogP contribution < -0.4 is 5.32 Å². The van der Waals surface area contributed by atoms with E-state index in [1.54, 1.807) is 23.5 Å². The van der Waals surface area contributed by atoms with Gasteiger partial charge < -0.3 is 10.2 Å². The molecular formula is C40H37F3N6O2. The number of halogens is 3. The molecule has 3 heterocycles. The summed E-state index contributed by atoms with van der Waals surface area (Å²) in [5.74, 6) is -1.58. The molecule has 1 N–H and O–H groups in total. The topological polar surface area (TPSA) is 91.3 Å². The highest BCUT2D eigenvalue weighted by Gasteiger charge is 2.34. The Morgan fingerprint density at radius 1 is 0.784 bits per heavy atom. The Bertz CT molecular complexity index is 1910. The normalized spacial score (nSPS) is 14.6. The lowest BCUT2D eigenvalue weighted by Gasteiger charge is -2.36. The van der Waals surface area contributed by atoms with Gasteiger partial charge in [-0.05, 0) is 53.5 Å². The van der Waals surface area contributed by atoms with Crippen LogP contribution in [0.25, 0.3) is 17.3 Å². The van der Waals surface area contributed by atoms with Gasteiger partial charge in [-0.3, -0.25) is 19.5 Å². The molecule has 0 unspecified atom stereocenters. The summed E-state index contributed by atoms with van der Waals surface area (Å²) < 4.78 is 40.1. The van der Waals surface area contributed by atoms with Crippen LogP contribution in [0.4, 0.5) is 13.2 Å². The van der Waals surface area contributed by atoms with Crippen LogP contribution in [0.15, 0.2) is 128 Å². The highest BCUT2D eigenvalue weighted by atomic mass is 19.4. The Hall–Kier alpha value is -5.68. The summed E-state index contributed by atoms with van der Waals surface area (Å²) in [6.45, 7) is 2.99. The minimum atomic E-state index is -4.50. The fourth-order valence-corrected chi connectivity index (χ4v) is 6.08. The third kappa shape index (κ3) is 9.52. The van der Waals surface area contributed by atoms with Gasteiger partial charge in [0.15, 0.2) is 0 Å². The molecule has 3 aromatic carbocycles. The summed E-state index contributed by atoms with van der Waals surface area (Å²) in [7, 11) is 0. The predicted octanol–water partition coefficient (Wildman–Crippen LogP) is 6.46. The molecule has 0 spiro atoms. The zero-order valence-electron chi connectivity index (χ0n) is 27.8. The minimum absolute atomic E-state index is 0.178.